The molecular weight excluding hydrogens is 262 g/mol. The summed E-state index contributed by atoms with van der Waals surface area (Å²) in [4.78, 5) is 11.5. The highest BCUT2D eigenvalue weighted by Crippen LogP contribution is 1.99. The van der Waals surface area contributed by atoms with Gasteiger partial charge in [-0.05, 0) is 11.1 Å². The quantitative estimate of drug-likeness (QED) is 0.686. The lowest BCUT2D eigenvalue weighted by Gasteiger charge is -2.16. The molecule has 1 amide bonds. The van der Waals surface area contributed by atoms with E-state index in [0.29, 0.717) is 13.1 Å². The van der Waals surface area contributed by atoms with Crippen LogP contribution < -0.4 is 16.4 Å². The van der Waals surface area contributed by atoms with Gasteiger partial charge in [0.2, 0.25) is 5.91 Å². The molecule has 4 nitrogen and oxygen atoms in total. The number of carbonyl (C=O) groups excluding carboxylic acids is 1. The second-order valence-electron chi connectivity index (χ2n) is 4.94. The molecule has 0 aliphatic carbocycles. The predicted molar refractivity (Wildman–Crippen MR) is 84.4 cm³/mol. The van der Waals surface area contributed by atoms with E-state index in [9.17, 15) is 4.79 Å². The molecule has 4 N–H and O–H groups in total. The van der Waals surface area contributed by atoms with E-state index in [4.69, 9.17) is 5.73 Å². The van der Waals surface area contributed by atoms with Crippen molar-refractivity contribution in [1.82, 2.24) is 10.6 Å². The second-order valence-corrected chi connectivity index (χ2v) is 4.94. The summed E-state index contributed by atoms with van der Waals surface area (Å²) in [5, 5.41) is 6.44. The van der Waals surface area contributed by atoms with Crippen molar-refractivity contribution < 1.29 is 4.79 Å². The zero-order chi connectivity index (χ0) is 14.9. The average molecular weight is 283 g/mol. The van der Waals surface area contributed by atoms with Crippen LogP contribution in [0.2, 0.25) is 0 Å². The van der Waals surface area contributed by atoms with Crippen molar-refractivity contribution in [1.29, 1.82) is 0 Å². The number of primary amides is 1. The fourth-order valence-electron chi connectivity index (χ4n) is 2.07. The maximum absolute atomic E-state index is 11.5. The fraction of sp³-hybridized carbons (Fsp3) is 0.235. The summed E-state index contributed by atoms with van der Waals surface area (Å²) in [5.74, 6) is -0.341. The molecule has 1 atom stereocenters. The van der Waals surface area contributed by atoms with Gasteiger partial charge in [-0.1, -0.05) is 60.7 Å². The molecule has 0 spiro atoms. The lowest BCUT2D eigenvalue weighted by Crippen LogP contribution is -2.47. The highest BCUT2D eigenvalue weighted by Gasteiger charge is 2.13. The minimum absolute atomic E-state index is 0.341. The van der Waals surface area contributed by atoms with E-state index in [0.717, 1.165) is 12.1 Å². The molecule has 0 unspecified atom stereocenters. The normalized spacial score (nSPS) is 12.0. The van der Waals surface area contributed by atoms with Crippen LogP contribution in [0, 0.1) is 0 Å². The van der Waals surface area contributed by atoms with E-state index in [1.54, 1.807) is 0 Å². The first-order valence-electron chi connectivity index (χ1n) is 7.07. The Morgan fingerprint density at radius 3 is 1.95 bits per heavy atom. The molecule has 0 aromatic heterocycles. The first-order valence-corrected chi connectivity index (χ1v) is 7.07. The van der Waals surface area contributed by atoms with Gasteiger partial charge < -0.3 is 16.4 Å². The lowest BCUT2D eigenvalue weighted by molar-refractivity contribution is -0.120. The SMILES string of the molecule is NC(=O)[C@H](CNCc1ccccc1)NCc1ccccc1. The summed E-state index contributed by atoms with van der Waals surface area (Å²) in [6, 6.07) is 19.6. The summed E-state index contributed by atoms with van der Waals surface area (Å²) in [7, 11) is 0. The van der Waals surface area contributed by atoms with Crippen LogP contribution >= 0.6 is 0 Å². The Labute approximate surface area is 125 Å². The van der Waals surface area contributed by atoms with Gasteiger partial charge in [0.15, 0.2) is 0 Å². The smallest absolute Gasteiger partial charge is 0.235 e. The van der Waals surface area contributed by atoms with Crippen LogP contribution in [-0.4, -0.2) is 18.5 Å². The van der Waals surface area contributed by atoms with Crippen LogP contribution in [0.4, 0.5) is 0 Å². The summed E-state index contributed by atoms with van der Waals surface area (Å²) < 4.78 is 0. The van der Waals surface area contributed by atoms with E-state index in [2.05, 4.69) is 10.6 Å². The number of rotatable bonds is 8. The van der Waals surface area contributed by atoms with Crippen LogP contribution in [0.3, 0.4) is 0 Å². The van der Waals surface area contributed by atoms with Gasteiger partial charge >= 0.3 is 0 Å². The molecule has 21 heavy (non-hydrogen) atoms. The third-order valence-electron chi connectivity index (χ3n) is 3.26. The molecule has 110 valence electrons. The molecule has 0 aliphatic rings. The minimum Gasteiger partial charge on any atom is -0.368 e. The molecule has 0 heterocycles. The maximum Gasteiger partial charge on any atom is 0.235 e. The van der Waals surface area contributed by atoms with E-state index in [-0.39, 0.29) is 11.9 Å². The van der Waals surface area contributed by atoms with E-state index in [1.165, 1.54) is 5.56 Å². The summed E-state index contributed by atoms with van der Waals surface area (Å²) >= 11 is 0. The number of nitrogens with one attached hydrogen (secondary N) is 2. The van der Waals surface area contributed by atoms with Gasteiger partial charge in [-0.15, -0.1) is 0 Å². The van der Waals surface area contributed by atoms with Gasteiger partial charge in [0.25, 0.3) is 0 Å². The van der Waals surface area contributed by atoms with Crippen LogP contribution in [0.25, 0.3) is 0 Å². The molecule has 2 aromatic rings. The Morgan fingerprint density at radius 1 is 0.905 bits per heavy atom. The van der Waals surface area contributed by atoms with Gasteiger partial charge in [0.05, 0.1) is 6.04 Å². The largest absolute Gasteiger partial charge is 0.368 e. The van der Waals surface area contributed by atoms with Crippen molar-refractivity contribution in [2.24, 2.45) is 5.73 Å². The Bertz CT molecular complexity index is 542. The summed E-state index contributed by atoms with van der Waals surface area (Å²) in [6.07, 6.45) is 0. The zero-order valence-electron chi connectivity index (χ0n) is 12.0. The molecule has 0 aliphatic heterocycles. The Kier molecular flexibility index (Phi) is 5.94. The number of nitrogens with two attached hydrogens (primary N) is 1. The number of hydrogen-bond donors (Lipinski definition) is 3. The lowest BCUT2D eigenvalue weighted by atomic mass is 10.2. The summed E-state index contributed by atoms with van der Waals surface area (Å²) in [6.45, 7) is 1.86. The predicted octanol–water partition coefficient (Wildman–Crippen LogP) is 1.42. The Balaban J connectivity index is 1.78. The average Bonchev–Trinajstić information content (AvgIpc) is 2.52. The first kappa shape index (κ1) is 15.2. The van der Waals surface area contributed by atoms with Crippen LogP contribution in [0.5, 0.6) is 0 Å². The molecule has 2 rings (SSSR count). The molecule has 4 heteroatoms. The minimum atomic E-state index is -0.381. The van der Waals surface area contributed by atoms with Crippen molar-refractivity contribution in [3.8, 4) is 0 Å². The highest BCUT2D eigenvalue weighted by molar-refractivity contribution is 5.80. The summed E-state index contributed by atoms with van der Waals surface area (Å²) in [5.41, 5.74) is 7.75. The zero-order valence-corrected chi connectivity index (χ0v) is 12.0. The second kappa shape index (κ2) is 8.19. The Morgan fingerprint density at radius 2 is 1.43 bits per heavy atom. The van der Waals surface area contributed by atoms with Crippen molar-refractivity contribution in [3.63, 3.8) is 0 Å². The molecule has 0 saturated carbocycles. The maximum atomic E-state index is 11.5. The van der Waals surface area contributed by atoms with Gasteiger partial charge in [0.1, 0.15) is 0 Å². The molecular formula is C17H21N3O. The van der Waals surface area contributed by atoms with Crippen molar-refractivity contribution in [3.05, 3.63) is 71.8 Å². The standard InChI is InChI=1S/C17H21N3O/c18-17(21)16(20-12-15-9-5-2-6-10-15)13-19-11-14-7-3-1-4-8-14/h1-10,16,19-20H,11-13H2,(H2,18,21)/t16-/m0/s1. The third-order valence-corrected chi connectivity index (χ3v) is 3.26. The first-order chi connectivity index (χ1) is 10.3. The van der Waals surface area contributed by atoms with Crippen molar-refractivity contribution >= 4 is 5.91 Å². The Hall–Kier alpha value is -2.17. The van der Waals surface area contributed by atoms with Crippen molar-refractivity contribution in [2.75, 3.05) is 6.54 Å². The number of amides is 1. The fourth-order valence-corrected chi connectivity index (χ4v) is 2.07. The third kappa shape index (κ3) is 5.38. The van der Waals surface area contributed by atoms with E-state index in [1.807, 2.05) is 60.7 Å². The van der Waals surface area contributed by atoms with Gasteiger partial charge in [-0.25, -0.2) is 0 Å². The number of carbonyl (C=O) groups is 1. The number of hydrogen-bond acceptors (Lipinski definition) is 3. The van der Waals surface area contributed by atoms with E-state index >= 15 is 0 Å². The van der Waals surface area contributed by atoms with Crippen LogP contribution in [-0.2, 0) is 17.9 Å². The van der Waals surface area contributed by atoms with Gasteiger partial charge in [-0.3, -0.25) is 4.79 Å². The van der Waals surface area contributed by atoms with Crippen LogP contribution in [0.1, 0.15) is 11.1 Å². The van der Waals surface area contributed by atoms with Gasteiger partial charge in [-0.2, -0.15) is 0 Å². The monoisotopic (exact) mass is 283 g/mol. The van der Waals surface area contributed by atoms with Gasteiger partial charge in [0, 0.05) is 19.6 Å². The topological polar surface area (TPSA) is 67.2 Å². The van der Waals surface area contributed by atoms with Crippen LogP contribution in [0.15, 0.2) is 60.7 Å². The molecule has 0 fully saturated rings. The van der Waals surface area contributed by atoms with Crippen molar-refractivity contribution in [2.45, 2.75) is 19.1 Å². The molecule has 0 radical (unpaired) electrons. The molecule has 2 aromatic carbocycles. The molecule has 0 saturated heterocycles. The number of benzene rings is 2. The highest BCUT2D eigenvalue weighted by atomic mass is 16.1. The molecule has 0 bridgehead atoms. The van der Waals surface area contributed by atoms with E-state index < -0.39 is 0 Å².